The van der Waals surface area contributed by atoms with Gasteiger partial charge in [0, 0.05) is 0 Å². The van der Waals surface area contributed by atoms with Crippen LogP contribution in [-0.2, 0) is 4.79 Å². The third-order valence-corrected chi connectivity index (χ3v) is 3.76. The second-order valence-corrected chi connectivity index (χ2v) is 5.39. The van der Waals surface area contributed by atoms with E-state index in [1.54, 1.807) is 0 Å². The summed E-state index contributed by atoms with van der Waals surface area (Å²) in [5.41, 5.74) is 1.07. The van der Waals surface area contributed by atoms with Crippen molar-refractivity contribution in [1.29, 1.82) is 0 Å². The SMILES string of the molecule is Cc1ccccc1OCCC(=O)NC1CCCCC1O. The lowest BCUT2D eigenvalue weighted by Crippen LogP contribution is -2.45. The molecule has 20 heavy (non-hydrogen) atoms. The lowest BCUT2D eigenvalue weighted by atomic mass is 9.92. The zero-order valence-corrected chi connectivity index (χ0v) is 12.0. The quantitative estimate of drug-likeness (QED) is 0.867. The standard InChI is InChI=1S/C16H23NO3/c1-12-6-2-5-9-15(12)20-11-10-16(19)17-13-7-3-4-8-14(13)18/h2,5-6,9,13-14,18H,3-4,7-8,10-11H2,1H3,(H,17,19). The summed E-state index contributed by atoms with van der Waals surface area (Å²) in [5, 5.41) is 12.7. The van der Waals surface area contributed by atoms with Gasteiger partial charge in [-0.15, -0.1) is 0 Å². The molecule has 0 bridgehead atoms. The van der Waals surface area contributed by atoms with Crippen LogP contribution in [0.15, 0.2) is 24.3 Å². The van der Waals surface area contributed by atoms with Gasteiger partial charge in [0.05, 0.1) is 25.2 Å². The summed E-state index contributed by atoms with van der Waals surface area (Å²) in [7, 11) is 0. The number of rotatable bonds is 5. The highest BCUT2D eigenvalue weighted by molar-refractivity contribution is 5.76. The maximum atomic E-state index is 11.8. The minimum atomic E-state index is -0.398. The zero-order chi connectivity index (χ0) is 14.4. The van der Waals surface area contributed by atoms with E-state index in [-0.39, 0.29) is 11.9 Å². The second-order valence-electron chi connectivity index (χ2n) is 5.39. The number of hydrogen-bond donors (Lipinski definition) is 2. The Bertz CT molecular complexity index is 447. The summed E-state index contributed by atoms with van der Waals surface area (Å²) < 4.78 is 5.60. The second kappa shape index (κ2) is 7.29. The fourth-order valence-electron chi connectivity index (χ4n) is 2.53. The number of carbonyl (C=O) groups excluding carboxylic acids is 1. The Hall–Kier alpha value is -1.55. The fourth-order valence-corrected chi connectivity index (χ4v) is 2.53. The van der Waals surface area contributed by atoms with E-state index in [1.165, 1.54) is 0 Å². The minimum Gasteiger partial charge on any atom is -0.493 e. The van der Waals surface area contributed by atoms with E-state index in [2.05, 4.69) is 5.32 Å². The van der Waals surface area contributed by atoms with Gasteiger partial charge in [-0.05, 0) is 31.4 Å². The van der Waals surface area contributed by atoms with Gasteiger partial charge in [0.25, 0.3) is 0 Å². The summed E-state index contributed by atoms with van der Waals surface area (Å²) in [6.07, 6.45) is 3.68. The van der Waals surface area contributed by atoms with Crippen LogP contribution in [-0.4, -0.2) is 29.8 Å². The molecule has 1 aliphatic rings. The highest BCUT2D eigenvalue weighted by atomic mass is 16.5. The summed E-state index contributed by atoms with van der Waals surface area (Å²) in [6.45, 7) is 2.34. The molecule has 1 fully saturated rings. The van der Waals surface area contributed by atoms with Crippen LogP contribution in [0.5, 0.6) is 5.75 Å². The predicted octanol–water partition coefficient (Wildman–Crippen LogP) is 2.18. The maximum Gasteiger partial charge on any atom is 0.223 e. The minimum absolute atomic E-state index is 0.0514. The maximum absolute atomic E-state index is 11.8. The Morgan fingerprint density at radius 1 is 1.35 bits per heavy atom. The Kier molecular flexibility index (Phi) is 5.41. The summed E-state index contributed by atoms with van der Waals surface area (Å²) >= 11 is 0. The number of aliphatic hydroxyl groups is 1. The lowest BCUT2D eigenvalue weighted by molar-refractivity contribution is -0.123. The van der Waals surface area contributed by atoms with E-state index < -0.39 is 6.10 Å². The molecule has 4 heteroatoms. The summed E-state index contributed by atoms with van der Waals surface area (Å²) in [6, 6.07) is 7.67. The molecule has 0 radical (unpaired) electrons. The Labute approximate surface area is 120 Å². The van der Waals surface area contributed by atoms with Crippen molar-refractivity contribution in [2.75, 3.05) is 6.61 Å². The molecule has 0 aromatic heterocycles. The number of hydrogen-bond acceptors (Lipinski definition) is 3. The first-order valence-electron chi connectivity index (χ1n) is 7.32. The molecular weight excluding hydrogens is 254 g/mol. The largest absolute Gasteiger partial charge is 0.493 e. The van der Waals surface area contributed by atoms with Gasteiger partial charge in [-0.25, -0.2) is 0 Å². The average molecular weight is 277 g/mol. The number of ether oxygens (including phenoxy) is 1. The van der Waals surface area contributed by atoms with E-state index in [0.29, 0.717) is 13.0 Å². The van der Waals surface area contributed by atoms with E-state index in [9.17, 15) is 9.90 Å². The lowest BCUT2D eigenvalue weighted by Gasteiger charge is -2.28. The van der Waals surface area contributed by atoms with Crippen molar-refractivity contribution in [1.82, 2.24) is 5.32 Å². The van der Waals surface area contributed by atoms with Gasteiger partial charge in [0.15, 0.2) is 0 Å². The number of aryl methyl sites for hydroxylation is 1. The Morgan fingerprint density at radius 2 is 2.10 bits per heavy atom. The molecule has 1 saturated carbocycles. The van der Waals surface area contributed by atoms with Crippen molar-refractivity contribution >= 4 is 5.91 Å². The number of benzene rings is 1. The van der Waals surface area contributed by atoms with Crippen LogP contribution < -0.4 is 10.1 Å². The van der Waals surface area contributed by atoms with Crippen LogP contribution >= 0.6 is 0 Å². The van der Waals surface area contributed by atoms with Crippen LogP contribution in [0.4, 0.5) is 0 Å². The van der Waals surface area contributed by atoms with Gasteiger partial charge < -0.3 is 15.2 Å². The van der Waals surface area contributed by atoms with Gasteiger partial charge in [0.1, 0.15) is 5.75 Å². The molecule has 2 rings (SSSR count). The van der Waals surface area contributed by atoms with Crippen LogP contribution in [0, 0.1) is 6.92 Å². The first-order chi connectivity index (χ1) is 9.66. The molecule has 4 nitrogen and oxygen atoms in total. The van der Waals surface area contributed by atoms with Crippen molar-refractivity contribution in [3.63, 3.8) is 0 Å². The van der Waals surface area contributed by atoms with E-state index in [1.807, 2.05) is 31.2 Å². The first-order valence-corrected chi connectivity index (χ1v) is 7.32. The van der Waals surface area contributed by atoms with Gasteiger partial charge in [-0.1, -0.05) is 31.0 Å². The van der Waals surface area contributed by atoms with Crippen molar-refractivity contribution in [3.8, 4) is 5.75 Å². The molecule has 2 N–H and O–H groups in total. The monoisotopic (exact) mass is 277 g/mol. The number of carbonyl (C=O) groups is 1. The molecule has 1 aromatic carbocycles. The topological polar surface area (TPSA) is 58.6 Å². The van der Waals surface area contributed by atoms with Crippen molar-refractivity contribution in [2.24, 2.45) is 0 Å². The molecule has 0 spiro atoms. The van der Waals surface area contributed by atoms with Crippen LogP contribution in [0.3, 0.4) is 0 Å². The number of para-hydroxylation sites is 1. The van der Waals surface area contributed by atoms with Gasteiger partial charge in [0.2, 0.25) is 5.91 Å². The molecule has 110 valence electrons. The molecule has 0 aliphatic heterocycles. The molecule has 1 amide bonds. The van der Waals surface area contributed by atoms with Crippen molar-refractivity contribution in [2.45, 2.75) is 51.2 Å². The van der Waals surface area contributed by atoms with Crippen LogP contribution in [0.2, 0.25) is 0 Å². The Balaban J connectivity index is 1.71. The van der Waals surface area contributed by atoms with E-state index >= 15 is 0 Å². The van der Waals surface area contributed by atoms with E-state index in [4.69, 9.17) is 4.74 Å². The molecule has 1 aliphatic carbocycles. The predicted molar refractivity (Wildman–Crippen MR) is 77.7 cm³/mol. The van der Waals surface area contributed by atoms with Gasteiger partial charge >= 0.3 is 0 Å². The average Bonchev–Trinajstić information content (AvgIpc) is 2.43. The van der Waals surface area contributed by atoms with E-state index in [0.717, 1.165) is 37.0 Å². The molecular formula is C16H23NO3. The number of amides is 1. The zero-order valence-electron chi connectivity index (χ0n) is 12.0. The number of aliphatic hydroxyl groups excluding tert-OH is 1. The third kappa shape index (κ3) is 4.23. The normalized spacial score (nSPS) is 22.3. The third-order valence-electron chi connectivity index (χ3n) is 3.76. The molecule has 0 saturated heterocycles. The molecule has 1 aromatic rings. The summed E-state index contributed by atoms with van der Waals surface area (Å²) in [4.78, 5) is 11.8. The van der Waals surface area contributed by atoms with Gasteiger partial charge in [-0.3, -0.25) is 4.79 Å². The molecule has 2 unspecified atom stereocenters. The van der Waals surface area contributed by atoms with Crippen LogP contribution in [0.1, 0.15) is 37.7 Å². The van der Waals surface area contributed by atoms with Crippen molar-refractivity contribution < 1.29 is 14.6 Å². The molecule has 2 atom stereocenters. The van der Waals surface area contributed by atoms with Crippen LogP contribution in [0.25, 0.3) is 0 Å². The van der Waals surface area contributed by atoms with Crippen molar-refractivity contribution in [3.05, 3.63) is 29.8 Å². The summed E-state index contributed by atoms with van der Waals surface area (Å²) in [5.74, 6) is 0.766. The Morgan fingerprint density at radius 3 is 2.85 bits per heavy atom. The fraction of sp³-hybridized carbons (Fsp3) is 0.562. The smallest absolute Gasteiger partial charge is 0.223 e. The molecule has 0 heterocycles. The van der Waals surface area contributed by atoms with Gasteiger partial charge in [-0.2, -0.15) is 0 Å². The number of nitrogens with one attached hydrogen (secondary N) is 1. The first kappa shape index (κ1) is 14.9. The highest BCUT2D eigenvalue weighted by Crippen LogP contribution is 2.19. The highest BCUT2D eigenvalue weighted by Gasteiger charge is 2.24.